The van der Waals surface area contributed by atoms with Crippen LogP contribution in [-0.4, -0.2) is 55.7 Å². The Morgan fingerprint density at radius 3 is 3.07 bits per heavy atom. The number of aliphatic imine (C=N–C) groups is 1. The van der Waals surface area contributed by atoms with Crippen molar-refractivity contribution in [2.45, 2.75) is 26.0 Å². The minimum atomic E-state index is 0.175. The molecule has 2 aliphatic heterocycles. The zero-order valence-electron chi connectivity index (χ0n) is 8.99. The summed E-state index contributed by atoms with van der Waals surface area (Å²) in [7, 11) is 0. The molecule has 0 amide bonds. The van der Waals surface area contributed by atoms with Crippen LogP contribution in [0.1, 0.15) is 13.8 Å². The van der Waals surface area contributed by atoms with E-state index in [-0.39, 0.29) is 6.10 Å². The third kappa shape index (κ3) is 2.07. The van der Waals surface area contributed by atoms with Crippen LogP contribution in [0.2, 0.25) is 0 Å². The molecule has 2 rings (SSSR count). The minimum absolute atomic E-state index is 0.175. The number of rotatable bonds is 2. The summed E-state index contributed by atoms with van der Waals surface area (Å²) in [6.45, 7) is 9.17. The van der Waals surface area contributed by atoms with E-state index >= 15 is 0 Å². The van der Waals surface area contributed by atoms with Gasteiger partial charge in [0.25, 0.3) is 0 Å². The van der Waals surface area contributed by atoms with Gasteiger partial charge in [0.1, 0.15) is 11.9 Å². The highest BCUT2D eigenvalue weighted by molar-refractivity contribution is 5.88. The van der Waals surface area contributed by atoms with Gasteiger partial charge in [0.05, 0.1) is 13.2 Å². The molecule has 0 bridgehead atoms. The molecule has 0 radical (unpaired) electrons. The van der Waals surface area contributed by atoms with E-state index in [9.17, 15) is 0 Å². The molecule has 0 aromatic heterocycles. The molecule has 1 saturated heterocycles. The third-order valence-corrected chi connectivity index (χ3v) is 2.83. The van der Waals surface area contributed by atoms with Crippen LogP contribution in [0.4, 0.5) is 0 Å². The van der Waals surface area contributed by atoms with Gasteiger partial charge in [-0.1, -0.05) is 0 Å². The first-order valence-corrected chi connectivity index (χ1v) is 5.41. The van der Waals surface area contributed by atoms with E-state index < -0.39 is 0 Å². The first-order chi connectivity index (χ1) is 6.77. The summed E-state index contributed by atoms with van der Waals surface area (Å²) < 4.78 is 5.71. The summed E-state index contributed by atoms with van der Waals surface area (Å²) >= 11 is 0. The Hall–Kier alpha value is -0.610. The van der Waals surface area contributed by atoms with Gasteiger partial charge in [-0.05, 0) is 13.8 Å². The molecule has 0 saturated carbocycles. The number of ether oxygens (including phenoxy) is 1. The Morgan fingerprint density at radius 1 is 1.57 bits per heavy atom. The summed E-state index contributed by atoms with van der Waals surface area (Å²) in [6, 6.07) is 0.600. The molecule has 0 aromatic rings. The zero-order chi connectivity index (χ0) is 9.97. The molecule has 1 fully saturated rings. The molecule has 80 valence electrons. The number of hydrogen-bond acceptors (Lipinski definition) is 4. The van der Waals surface area contributed by atoms with E-state index in [1.807, 2.05) is 0 Å². The molecule has 14 heavy (non-hydrogen) atoms. The Labute approximate surface area is 85.3 Å². The van der Waals surface area contributed by atoms with E-state index in [4.69, 9.17) is 4.74 Å². The van der Waals surface area contributed by atoms with E-state index in [1.54, 1.807) is 0 Å². The van der Waals surface area contributed by atoms with E-state index in [0.717, 1.165) is 38.6 Å². The second kappa shape index (κ2) is 4.28. The average Bonchev–Trinajstić information content (AvgIpc) is 2.71. The Morgan fingerprint density at radius 2 is 2.43 bits per heavy atom. The number of nitrogens with zero attached hydrogens (tertiary/aromatic N) is 2. The molecule has 0 spiro atoms. The predicted octanol–water partition coefficient (Wildman–Crippen LogP) is 0.0973. The van der Waals surface area contributed by atoms with Gasteiger partial charge >= 0.3 is 0 Å². The van der Waals surface area contributed by atoms with Gasteiger partial charge in [-0.2, -0.15) is 0 Å². The Bertz CT molecular complexity index is 227. The molecular weight excluding hydrogens is 178 g/mol. The highest BCUT2D eigenvalue weighted by atomic mass is 16.5. The average molecular weight is 197 g/mol. The van der Waals surface area contributed by atoms with Crippen LogP contribution >= 0.6 is 0 Å². The Balaban J connectivity index is 1.93. The second-order valence-electron chi connectivity index (χ2n) is 4.14. The highest BCUT2D eigenvalue weighted by Gasteiger charge is 2.27. The lowest BCUT2D eigenvalue weighted by Gasteiger charge is -2.35. The quantitative estimate of drug-likeness (QED) is 0.682. The summed E-state index contributed by atoms with van der Waals surface area (Å²) in [6.07, 6.45) is 0.175. The van der Waals surface area contributed by atoms with Crippen LogP contribution in [0, 0.1) is 0 Å². The molecular formula is C10H19N3O. The summed E-state index contributed by atoms with van der Waals surface area (Å²) in [4.78, 5) is 6.85. The van der Waals surface area contributed by atoms with Gasteiger partial charge in [0.15, 0.2) is 0 Å². The first kappa shape index (κ1) is 9.93. The van der Waals surface area contributed by atoms with Crippen molar-refractivity contribution in [1.29, 1.82) is 0 Å². The molecule has 1 unspecified atom stereocenters. The van der Waals surface area contributed by atoms with E-state index in [1.165, 1.54) is 0 Å². The van der Waals surface area contributed by atoms with Gasteiger partial charge in [-0.15, -0.1) is 0 Å². The van der Waals surface area contributed by atoms with Crippen molar-refractivity contribution in [3.63, 3.8) is 0 Å². The predicted molar refractivity (Wildman–Crippen MR) is 56.8 cm³/mol. The topological polar surface area (TPSA) is 36.9 Å². The summed E-state index contributed by atoms with van der Waals surface area (Å²) in [5, 5.41) is 3.28. The second-order valence-corrected chi connectivity index (χ2v) is 4.14. The third-order valence-electron chi connectivity index (χ3n) is 2.83. The SMILES string of the molecule is CC(C)N1CCOC(C2=NCCN2)C1. The molecule has 1 atom stereocenters. The summed E-state index contributed by atoms with van der Waals surface area (Å²) in [5.41, 5.74) is 0. The number of morpholine rings is 1. The van der Waals surface area contributed by atoms with Gasteiger partial charge in [0, 0.05) is 25.7 Å². The van der Waals surface area contributed by atoms with Crippen molar-refractivity contribution in [3.05, 3.63) is 0 Å². The van der Waals surface area contributed by atoms with Crippen molar-refractivity contribution in [1.82, 2.24) is 10.2 Å². The van der Waals surface area contributed by atoms with Crippen LogP contribution in [0.5, 0.6) is 0 Å². The number of nitrogens with one attached hydrogen (secondary N) is 1. The maximum Gasteiger partial charge on any atom is 0.127 e. The standard InChI is InChI=1S/C10H19N3O/c1-8(2)13-5-6-14-9(7-13)10-11-3-4-12-10/h8-9H,3-7H2,1-2H3,(H,11,12). The van der Waals surface area contributed by atoms with Crippen LogP contribution < -0.4 is 5.32 Å². The fraction of sp³-hybridized carbons (Fsp3) is 0.900. The maximum absolute atomic E-state index is 5.71. The van der Waals surface area contributed by atoms with Crippen LogP contribution in [0.3, 0.4) is 0 Å². The van der Waals surface area contributed by atoms with Gasteiger partial charge in [-0.3, -0.25) is 9.89 Å². The largest absolute Gasteiger partial charge is 0.370 e. The molecule has 4 nitrogen and oxygen atoms in total. The van der Waals surface area contributed by atoms with Crippen molar-refractivity contribution in [2.75, 3.05) is 32.8 Å². The molecule has 0 aliphatic carbocycles. The van der Waals surface area contributed by atoms with E-state index in [2.05, 4.69) is 29.1 Å². The van der Waals surface area contributed by atoms with Gasteiger partial charge < -0.3 is 10.1 Å². The number of amidine groups is 1. The van der Waals surface area contributed by atoms with Crippen molar-refractivity contribution in [3.8, 4) is 0 Å². The van der Waals surface area contributed by atoms with Crippen LogP contribution in [0.15, 0.2) is 4.99 Å². The van der Waals surface area contributed by atoms with E-state index in [0.29, 0.717) is 6.04 Å². The lowest BCUT2D eigenvalue weighted by molar-refractivity contribution is -0.00664. The minimum Gasteiger partial charge on any atom is -0.370 e. The van der Waals surface area contributed by atoms with Gasteiger partial charge in [-0.25, -0.2) is 0 Å². The monoisotopic (exact) mass is 197 g/mol. The smallest absolute Gasteiger partial charge is 0.127 e. The lowest BCUT2D eigenvalue weighted by Crippen LogP contribution is -2.50. The van der Waals surface area contributed by atoms with Crippen molar-refractivity contribution < 1.29 is 4.74 Å². The van der Waals surface area contributed by atoms with Crippen LogP contribution in [-0.2, 0) is 4.74 Å². The molecule has 4 heteroatoms. The fourth-order valence-electron chi connectivity index (χ4n) is 1.94. The van der Waals surface area contributed by atoms with Crippen molar-refractivity contribution >= 4 is 5.84 Å². The first-order valence-electron chi connectivity index (χ1n) is 5.41. The zero-order valence-corrected chi connectivity index (χ0v) is 8.99. The fourth-order valence-corrected chi connectivity index (χ4v) is 1.94. The highest BCUT2D eigenvalue weighted by Crippen LogP contribution is 2.10. The number of hydrogen-bond donors (Lipinski definition) is 1. The molecule has 2 heterocycles. The lowest BCUT2D eigenvalue weighted by atomic mass is 10.2. The molecule has 2 aliphatic rings. The molecule has 1 N–H and O–H groups in total. The maximum atomic E-state index is 5.71. The van der Waals surface area contributed by atoms with Gasteiger partial charge in [0.2, 0.25) is 0 Å². The van der Waals surface area contributed by atoms with Crippen molar-refractivity contribution in [2.24, 2.45) is 4.99 Å². The summed E-state index contributed by atoms with van der Waals surface area (Å²) in [5.74, 6) is 1.05. The normalized spacial score (nSPS) is 29.1. The molecule has 0 aromatic carbocycles. The Kier molecular flexibility index (Phi) is 3.03. The van der Waals surface area contributed by atoms with Crippen LogP contribution in [0.25, 0.3) is 0 Å².